The van der Waals surface area contributed by atoms with Crippen molar-refractivity contribution in [3.63, 3.8) is 0 Å². The van der Waals surface area contributed by atoms with Gasteiger partial charge in [0.2, 0.25) is 0 Å². The van der Waals surface area contributed by atoms with Gasteiger partial charge in [-0.05, 0) is 30.0 Å². The summed E-state index contributed by atoms with van der Waals surface area (Å²) in [5.74, 6) is 0. The van der Waals surface area contributed by atoms with Gasteiger partial charge in [-0.15, -0.1) is 0 Å². The molecular formula is C18H22N2O. The second kappa shape index (κ2) is 7.48. The zero-order chi connectivity index (χ0) is 15.1. The highest BCUT2D eigenvalue weighted by atomic mass is 16.2. The lowest BCUT2D eigenvalue weighted by atomic mass is 10.1. The van der Waals surface area contributed by atoms with E-state index in [4.69, 9.17) is 0 Å². The molecule has 2 amide bonds. The first kappa shape index (κ1) is 15.1. The van der Waals surface area contributed by atoms with Gasteiger partial charge >= 0.3 is 6.03 Å². The predicted molar refractivity (Wildman–Crippen MR) is 86.2 cm³/mol. The number of amides is 2. The van der Waals surface area contributed by atoms with Crippen molar-refractivity contribution in [2.24, 2.45) is 0 Å². The second-order valence-corrected chi connectivity index (χ2v) is 5.25. The Morgan fingerprint density at radius 3 is 2.43 bits per heavy atom. The molecule has 0 heterocycles. The highest BCUT2D eigenvalue weighted by Gasteiger charge is 2.09. The van der Waals surface area contributed by atoms with E-state index in [2.05, 4.69) is 36.5 Å². The smallest absolute Gasteiger partial charge is 0.317 e. The fourth-order valence-corrected chi connectivity index (χ4v) is 2.21. The maximum atomic E-state index is 12.1. The zero-order valence-electron chi connectivity index (χ0n) is 12.7. The van der Waals surface area contributed by atoms with Gasteiger partial charge in [0.1, 0.15) is 0 Å². The van der Waals surface area contributed by atoms with Gasteiger partial charge in [0.15, 0.2) is 0 Å². The summed E-state index contributed by atoms with van der Waals surface area (Å²) in [6, 6.07) is 18.3. The van der Waals surface area contributed by atoms with Crippen LogP contribution in [-0.4, -0.2) is 24.5 Å². The van der Waals surface area contributed by atoms with Gasteiger partial charge in [-0.25, -0.2) is 4.79 Å². The van der Waals surface area contributed by atoms with Gasteiger partial charge < -0.3 is 10.2 Å². The van der Waals surface area contributed by atoms with Gasteiger partial charge in [-0.1, -0.05) is 54.6 Å². The zero-order valence-corrected chi connectivity index (χ0v) is 12.7. The Kier molecular flexibility index (Phi) is 5.38. The molecule has 2 rings (SSSR count). The Morgan fingerprint density at radius 2 is 1.71 bits per heavy atom. The van der Waals surface area contributed by atoms with Crippen molar-refractivity contribution < 1.29 is 4.79 Å². The Morgan fingerprint density at radius 1 is 1.05 bits per heavy atom. The summed E-state index contributed by atoms with van der Waals surface area (Å²) in [4.78, 5) is 13.8. The molecule has 0 aliphatic rings. The minimum atomic E-state index is -0.0332. The molecule has 21 heavy (non-hydrogen) atoms. The van der Waals surface area contributed by atoms with Crippen molar-refractivity contribution in [3.05, 3.63) is 71.3 Å². The normalized spacial score (nSPS) is 10.2. The largest absolute Gasteiger partial charge is 0.338 e. The number of nitrogens with zero attached hydrogens (tertiary/aromatic N) is 1. The van der Waals surface area contributed by atoms with Crippen molar-refractivity contribution in [3.8, 4) is 0 Å². The maximum absolute atomic E-state index is 12.1. The predicted octanol–water partition coefficient (Wildman–Crippen LogP) is 3.38. The molecule has 0 bridgehead atoms. The topological polar surface area (TPSA) is 32.3 Å². The van der Waals surface area contributed by atoms with E-state index in [9.17, 15) is 4.79 Å². The van der Waals surface area contributed by atoms with Crippen molar-refractivity contribution >= 4 is 6.03 Å². The Hall–Kier alpha value is -2.29. The first-order valence-electron chi connectivity index (χ1n) is 7.24. The van der Waals surface area contributed by atoms with Crippen LogP contribution in [0.25, 0.3) is 0 Å². The average Bonchev–Trinajstić information content (AvgIpc) is 2.50. The molecule has 0 aliphatic carbocycles. The highest BCUT2D eigenvalue weighted by molar-refractivity contribution is 5.73. The third-order valence-corrected chi connectivity index (χ3v) is 3.55. The molecule has 0 aromatic heterocycles. The molecule has 110 valence electrons. The molecule has 0 spiro atoms. The molecule has 0 saturated heterocycles. The first-order valence-corrected chi connectivity index (χ1v) is 7.24. The maximum Gasteiger partial charge on any atom is 0.317 e. The van der Waals surface area contributed by atoms with Gasteiger partial charge in [0.25, 0.3) is 0 Å². The van der Waals surface area contributed by atoms with Crippen LogP contribution in [0.15, 0.2) is 54.6 Å². The molecule has 0 aliphatic heterocycles. The molecular weight excluding hydrogens is 260 g/mol. The molecule has 0 atom stereocenters. The number of rotatable bonds is 5. The molecule has 2 aromatic rings. The van der Waals surface area contributed by atoms with E-state index in [1.54, 1.807) is 4.90 Å². The van der Waals surface area contributed by atoms with E-state index in [1.807, 2.05) is 37.4 Å². The summed E-state index contributed by atoms with van der Waals surface area (Å²) < 4.78 is 0. The van der Waals surface area contributed by atoms with Crippen LogP contribution >= 0.6 is 0 Å². The van der Waals surface area contributed by atoms with E-state index in [-0.39, 0.29) is 6.03 Å². The van der Waals surface area contributed by atoms with Crippen molar-refractivity contribution in [2.45, 2.75) is 19.9 Å². The number of hydrogen-bond acceptors (Lipinski definition) is 1. The Balaban J connectivity index is 1.79. The molecule has 1 N–H and O–H groups in total. The summed E-state index contributed by atoms with van der Waals surface area (Å²) in [7, 11) is 1.82. The number of nitrogens with one attached hydrogen (secondary N) is 1. The molecule has 0 saturated carbocycles. The lowest BCUT2D eigenvalue weighted by Gasteiger charge is -2.19. The minimum absolute atomic E-state index is 0.0332. The highest BCUT2D eigenvalue weighted by Crippen LogP contribution is 2.09. The van der Waals surface area contributed by atoms with E-state index in [0.29, 0.717) is 13.1 Å². The summed E-state index contributed by atoms with van der Waals surface area (Å²) >= 11 is 0. The van der Waals surface area contributed by atoms with E-state index < -0.39 is 0 Å². The number of hydrogen-bond donors (Lipinski definition) is 1. The summed E-state index contributed by atoms with van der Waals surface area (Å²) in [6.07, 6.45) is 0.852. The third kappa shape index (κ3) is 4.63. The van der Waals surface area contributed by atoms with Crippen LogP contribution in [0.2, 0.25) is 0 Å². The minimum Gasteiger partial charge on any atom is -0.338 e. The van der Waals surface area contributed by atoms with Gasteiger partial charge in [-0.2, -0.15) is 0 Å². The summed E-state index contributed by atoms with van der Waals surface area (Å²) in [5.41, 5.74) is 3.62. The molecule has 3 heteroatoms. The monoisotopic (exact) mass is 282 g/mol. The van der Waals surface area contributed by atoms with Crippen LogP contribution in [0.1, 0.15) is 16.7 Å². The summed E-state index contributed by atoms with van der Waals surface area (Å²) in [5, 5.41) is 2.96. The number of urea groups is 1. The molecule has 3 nitrogen and oxygen atoms in total. The van der Waals surface area contributed by atoms with Crippen molar-refractivity contribution in [1.82, 2.24) is 10.2 Å². The molecule has 2 aromatic carbocycles. The van der Waals surface area contributed by atoms with Crippen molar-refractivity contribution in [2.75, 3.05) is 13.6 Å². The Bertz CT molecular complexity index is 581. The van der Waals surface area contributed by atoms with Crippen molar-refractivity contribution in [1.29, 1.82) is 0 Å². The number of aryl methyl sites for hydroxylation is 1. The van der Waals surface area contributed by atoms with Crippen LogP contribution in [0, 0.1) is 6.92 Å². The van der Waals surface area contributed by atoms with Crippen LogP contribution in [0.3, 0.4) is 0 Å². The molecule has 0 radical (unpaired) electrons. The number of carbonyl (C=O) groups excluding carboxylic acids is 1. The lowest BCUT2D eigenvalue weighted by Crippen LogP contribution is -2.37. The SMILES string of the molecule is Cc1ccccc1CN(C)C(=O)NCCc1ccccc1. The van der Waals surface area contributed by atoms with Crippen LogP contribution < -0.4 is 5.32 Å². The summed E-state index contributed by atoms with van der Waals surface area (Å²) in [6.45, 7) is 3.35. The van der Waals surface area contributed by atoms with E-state index in [1.165, 1.54) is 16.7 Å². The van der Waals surface area contributed by atoms with E-state index in [0.717, 1.165) is 6.42 Å². The molecule has 0 fully saturated rings. The standard InChI is InChI=1S/C18H22N2O/c1-15-8-6-7-11-17(15)14-20(2)18(21)19-13-12-16-9-4-3-5-10-16/h3-11H,12-14H2,1-2H3,(H,19,21). The quantitative estimate of drug-likeness (QED) is 0.896. The van der Waals surface area contributed by atoms with Gasteiger partial charge in [0, 0.05) is 20.1 Å². The fraction of sp³-hybridized carbons (Fsp3) is 0.278. The van der Waals surface area contributed by atoms with Crippen LogP contribution in [0.4, 0.5) is 4.79 Å². The number of carbonyl (C=O) groups is 1. The van der Waals surface area contributed by atoms with Crippen LogP contribution in [-0.2, 0) is 13.0 Å². The van der Waals surface area contributed by atoms with E-state index >= 15 is 0 Å². The third-order valence-electron chi connectivity index (χ3n) is 3.55. The van der Waals surface area contributed by atoms with Gasteiger partial charge in [0.05, 0.1) is 0 Å². The van der Waals surface area contributed by atoms with Crippen LogP contribution in [0.5, 0.6) is 0 Å². The average molecular weight is 282 g/mol. The Labute approximate surface area is 126 Å². The number of benzene rings is 2. The fourth-order valence-electron chi connectivity index (χ4n) is 2.21. The van der Waals surface area contributed by atoms with Gasteiger partial charge in [-0.3, -0.25) is 0 Å². The first-order chi connectivity index (χ1) is 10.2. The lowest BCUT2D eigenvalue weighted by molar-refractivity contribution is 0.207. The second-order valence-electron chi connectivity index (χ2n) is 5.25. The molecule has 0 unspecified atom stereocenters.